The Balaban J connectivity index is 1.85. The number of nitrogens with two attached hydrogens (primary N) is 1. The highest BCUT2D eigenvalue weighted by Gasteiger charge is 2.19. The number of hydrogen-bond donors (Lipinski definition) is 2. The van der Waals surface area contributed by atoms with Crippen molar-refractivity contribution in [1.29, 1.82) is 0 Å². The number of nitrogens with one attached hydrogen (secondary N) is 1. The number of ether oxygens (including phenoxy) is 1. The fourth-order valence-electron chi connectivity index (χ4n) is 1.77. The van der Waals surface area contributed by atoms with Crippen molar-refractivity contribution in [2.24, 2.45) is 0 Å². The van der Waals surface area contributed by atoms with Crippen molar-refractivity contribution >= 4 is 27.0 Å². The summed E-state index contributed by atoms with van der Waals surface area (Å²) >= 11 is 1.13. The quantitative estimate of drug-likeness (QED) is 0.846. The summed E-state index contributed by atoms with van der Waals surface area (Å²) in [5, 5.41) is 1.62. The van der Waals surface area contributed by atoms with E-state index < -0.39 is 10.0 Å². The first-order chi connectivity index (χ1) is 8.08. The van der Waals surface area contributed by atoms with Gasteiger partial charge in [0.15, 0.2) is 0 Å². The number of nitrogen functional groups attached to an aromatic ring is 1. The highest BCUT2D eigenvalue weighted by atomic mass is 32.2. The van der Waals surface area contributed by atoms with Crippen LogP contribution in [0.4, 0.5) is 5.69 Å². The molecule has 7 heteroatoms. The fraction of sp³-hybridized carbons (Fsp3) is 0.600. The van der Waals surface area contributed by atoms with E-state index in [-0.39, 0.29) is 10.3 Å². The van der Waals surface area contributed by atoms with Crippen LogP contribution >= 0.6 is 11.3 Å². The van der Waals surface area contributed by atoms with Gasteiger partial charge < -0.3 is 10.5 Å². The molecule has 2 heterocycles. The van der Waals surface area contributed by atoms with Gasteiger partial charge in [0.2, 0.25) is 10.0 Å². The normalized spacial score (nSPS) is 20.8. The van der Waals surface area contributed by atoms with Crippen LogP contribution in [0, 0.1) is 0 Å². The lowest BCUT2D eigenvalue weighted by molar-refractivity contribution is 0.105. The van der Waals surface area contributed by atoms with E-state index in [0.717, 1.165) is 37.2 Å². The van der Waals surface area contributed by atoms with Crippen molar-refractivity contribution in [2.75, 3.05) is 18.9 Å². The van der Waals surface area contributed by atoms with Crippen LogP contribution in [0.2, 0.25) is 0 Å². The highest BCUT2D eigenvalue weighted by molar-refractivity contribution is 7.91. The minimum absolute atomic E-state index is 0.200. The standard InChI is InChI=1S/C10H16N2O3S2/c11-8-6-10(16-7-8)17(13,14)12-4-3-9-2-1-5-15-9/h6-7,9,12H,1-5,11H2. The van der Waals surface area contributed by atoms with Crippen molar-refractivity contribution in [3.05, 3.63) is 11.4 Å². The molecule has 1 aliphatic heterocycles. The second-order valence-electron chi connectivity index (χ2n) is 4.02. The van der Waals surface area contributed by atoms with Crippen LogP contribution < -0.4 is 10.5 Å². The number of rotatable bonds is 5. The average molecular weight is 276 g/mol. The summed E-state index contributed by atoms with van der Waals surface area (Å²) in [6.45, 7) is 1.20. The van der Waals surface area contributed by atoms with E-state index >= 15 is 0 Å². The molecule has 2 rings (SSSR count). The lowest BCUT2D eigenvalue weighted by atomic mass is 10.2. The summed E-state index contributed by atoms with van der Waals surface area (Å²) in [7, 11) is -3.40. The third-order valence-corrected chi connectivity index (χ3v) is 5.56. The highest BCUT2D eigenvalue weighted by Crippen LogP contribution is 2.21. The molecule has 0 saturated carbocycles. The third-order valence-electron chi connectivity index (χ3n) is 2.64. The minimum Gasteiger partial charge on any atom is -0.398 e. The van der Waals surface area contributed by atoms with Gasteiger partial charge in [-0.05, 0) is 25.3 Å². The summed E-state index contributed by atoms with van der Waals surface area (Å²) in [6.07, 6.45) is 3.01. The molecule has 0 spiro atoms. The molecule has 1 fully saturated rings. The molecule has 1 aliphatic rings. The maximum atomic E-state index is 11.8. The summed E-state index contributed by atoms with van der Waals surface area (Å²) in [5.41, 5.74) is 5.98. The molecule has 5 nitrogen and oxygen atoms in total. The lowest BCUT2D eigenvalue weighted by Crippen LogP contribution is -2.26. The van der Waals surface area contributed by atoms with Crippen molar-refractivity contribution in [3.63, 3.8) is 0 Å². The Kier molecular flexibility index (Phi) is 4.03. The van der Waals surface area contributed by atoms with Crippen LogP contribution in [0.15, 0.2) is 15.7 Å². The maximum absolute atomic E-state index is 11.8. The van der Waals surface area contributed by atoms with Gasteiger partial charge in [-0.3, -0.25) is 0 Å². The molecule has 0 radical (unpaired) electrons. The first-order valence-electron chi connectivity index (χ1n) is 5.53. The van der Waals surface area contributed by atoms with Crippen molar-refractivity contribution in [1.82, 2.24) is 4.72 Å². The Morgan fingerprint density at radius 2 is 2.41 bits per heavy atom. The van der Waals surface area contributed by atoms with Crippen molar-refractivity contribution in [3.8, 4) is 0 Å². The zero-order valence-electron chi connectivity index (χ0n) is 9.39. The molecule has 0 aliphatic carbocycles. The molecule has 17 heavy (non-hydrogen) atoms. The SMILES string of the molecule is Nc1csc(S(=O)(=O)NCCC2CCCO2)c1. The summed E-state index contributed by atoms with van der Waals surface area (Å²) < 4.78 is 31.9. The lowest BCUT2D eigenvalue weighted by Gasteiger charge is -2.09. The van der Waals surface area contributed by atoms with Crippen LogP contribution in [-0.4, -0.2) is 27.7 Å². The van der Waals surface area contributed by atoms with E-state index in [1.165, 1.54) is 6.07 Å². The van der Waals surface area contributed by atoms with Crippen LogP contribution in [-0.2, 0) is 14.8 Å². The number of hydrogen-bond acceptors (Lipinski definition) is 5. The van der Waals surface area contributed by atoms with Gasteiger partial charge >= 0.3 is 0 Å². The Bertz CT molecular complexity index is 464. The van der Waals surface area contributed by atoms with Gasteiger partial charge in [0.1, 0.15) is 4.21 Å². The van der Waals surface area contributed by atoms with Crippen LogP contribution in [0.25, 0.3) is 0 Å². The number of anilines is 1. The van der Waals surface area contributed by atoms with Gasteiger partial charge in [-0.15, -0.1) is 11.3 Å². The molecule has 1 aromatic rings. The molecule has 0 aromatic carbocycles. The van der Waals surface area contributed by atoms with Gasteiger partial charge in [0.25, 0.3) is 0 Å². The maximum Gasteiger partial charge on any atom is 0.250 e. The zero-order valence-corrected chi connectivity index (χ0v) is 11.0. The van der Waals surface area contributed by atoms with Crippen molar-refractivity contribution < 1.29 is 13.2 Å². The summed E-state index contributed by atoms with van der Waals surface area (Å²) in [6, 6.07) is 1.47. The molecule has 0 amide bonds. The molecule has 1 saturated heterocycles. The van der Waals surface area contributed by atoms with E-state index in [9.17, 15) is 8.42 Å². The third kappa shape index (κ3) is 3.41. The average Bonchev–Trinajstić information content (AvgIpc) is 2.89. The predicted molar refractivity (Wildman–Crippen MR) is 67.5 cm³/mol. The molecule has 1 aromatic heterocycles. The Hall–Kier alpha value is -0.630. The largest absolute Gasteiger partial charge is 0.398 e. The molecular weight excluding hydrogens is 260 g/mol. The zero-order chi connectivity index (χ0) is 12.3. The predicted octanol–water partition coefficient (Wildman–Crippen LogP) is 1.18. The molecular formula is C10H16N2O3S2. The topological polar surface area (TPSA) is 81.4 Å². The van der Waals surface area contributed by atoms with Gasteiger partial charge in [0, 0.05) is 24.2 Å². The second kappa shape index (κ2) is 5.34. The van der Waals surface area contributed by atoms with E-state index in [2.05, 4.69) is 4.72 Å². The van der Waals surface area contributed by atoms with E-state index in [1.807, 2.05) is 0 Å². The molecule has 0 bridgehead atoms. The van der Waals surface area contributed by atoms with Crippen LogP contribution in [0.3, 0.4) is 0 Å². The minimum atomic E-state index is -3.40. The molecule has 1 atom stereocenters. The monoisotopic (exact) mass is 276 g/mol. The van der Waals surface area contributed by atoms with E-state index in [0.29, 0.717) is 12.2 Å². The molecule has 3 N–H and O–H groups in total. The van der Waals surface area contributed by atoms with Gasteiger partial charge in [0.05, 0.1) is 6.10 Å². The van der Waals surface area contributed by atoms with Gasteiger partial charge in [-0.2, -0.15) is 0 Å². The summed E-state index contributed by atoms with van der Waals surface area (Å²) in [4.78, 5) is 0. The second-order valence-corrected chi connectivity index (χ2v) is 6.93. The number of sulfonamides is 1. The van der Waals surface area contributed by atoms with E-state index in [4.69, 9.17) is 10.5 Å². The van der Waals surface area contributed by atoms with Crippen LogP contribution in [0.1, 0.15) is 19.3 Å². The van der Waals surface area contributed by atoms with Gasteiger partial charge in [-0.1, -0.05) is 0 Å². The Morgan fingerprint density at radius 1 is 1.59 bits per heavy atom. The molecule has 1 unspecified atom stereocenters. The van der Waals surface area contributed by atoms with Gasteiger partial charge in [-0.25, -0.2) is 13.1 Å². The van der Waals surface area contributed by atoms with Crippen LogP contribution in [0.5, 0.6) is 0 Å². The fourth-order valence-corrected chi connectivity index (χ4v) is 3.94. The number of thiophene rings is 1. The Labute approximate surface area is 105 Å². The van der Waals surface area contributed by atoms with E-state index in [1.54, 1.807) is 5.38 Å². The smallest absolute Gasteiger partial charge is 0.250 e. The molecule has 96 valence electrons. The summed E-state index contributed by atoms with van der Waals surface area (Å²) in [5.74, 6) is 0. The van der Waals surface area contributed by atoms with Crippen molar-refractivity contribution in [2.45, 2.75) is 29.6 Å². The Morgan fingerprint density at radius 3 is 3.00 bits per heavy atom. The first-order valence-corrected chi connectivity index (χ1v) is 7.89. The first kappa shape index (κ1) is 12.8.